The number of hydrogen-bond donors (Lipinski definition) is 1. The van der Waals surface area contributed by atoms with Gasteiger partial charge in [-0.05, 0) is 35.7 Å². The first kappa shape index (κ1) is 11.0. The summed E-state index contributed by atoms with van der Waals surface area (Å²) >= 11 is 6.06. The molecule has 0 aliphatic heterocycles. The highest BCUT2D eigenvalue weighted by Gasteiger charge is 2.09. The molecule has 0 radical (unpaired) electrons. The van der Waals surface area contributed by atoms with E-state index in [1.807, 2.05) is 31.2 Å². The van der Waals surface area contributed by atoms with Gasteiger partial charge >= 0.3 is 0 Å². The third-order valence-corrected chi connectivity index (χ3v) is 2.93. The second-order valence-electron chi connectivity index (χ2n) is 3.66. The van der Waals surface area contributed by atoms with Crippen molar-refractivity contribution >= 4 is 11.6 Å². The van der Waals surface area contributed by atoms with E-state index in [1.165, 1.54) is 0 Å². The molecular weight excluding hydrogens is 222 g/mol. The summed E-state index contributed by atoms with van der Waals surface area (Å²) in [4.78, 5) is 0. The highest BCUT2D eigenvalue weighted by molar-refractivity contribution is 6.31. The molecule has 0 spiro atoms. The monoisotopic (exact) mass is 233 g/mol. The predicted molar refractivity (Wildman–Crippen MR) is 64.3 cm³/mol. The van der Waals surface area contributed by atoms with Crippen LogP contribution in [0.1, 0.15) is 22.7 Å². The molecule has 4 heteroatoms. The van der Waals surface area contributed by atoms with Gasteiger partial charge in [0.25, 0.3) is 0 Å². The highest BCUT2D eigenvalue weighted by atomic mass is 35.5. The molecule has 1 aromatic heterocycles. The van der Waals surface area contributed by atoms with Crippen molar-refractivity contribution in [3.8, 4) is 0 Å². The van der Waals surface area contributed by atoms with Crippen LogP contribution in [0, 0.1) is 6.92 Å². The lowest BCUT2D eigenvalue weighted by molar-refractivity contribution is 0.845. The molecule has 1 heterocycles. The zero-order chi connectivity index (χ0) is 11.5. The van der Waals surface area contributed by atoms with Gasteiger partial charge in [-0.3, -0.25) is 0 Å². The topological polar surface area (TPSA) is 51.8 Å². The molecule has 0 fully saturated rings. The average molecular weight is 234 g/mol. The van der Waals surface area contributed by atoms with E-state index < -0.39 is 0 Å². The first-order chi connectivity index (χ1) is 7.68. The van der Waals surface area contributed by atoms with E-state index in [0.29, 0.717) is 0 Å². The molecule has 2 rings (SSSR count). The van der Waals surface area contributed by atoms with Crippen molar-refractivity contribution in [3.05, 3.63) is 58.4 Å². The van der Waals surface area contributed by atoms with Crippen LogP contribution in [0.5, 0.6) is 0 Å². The Balaban J connectivity index is 2.34. The van der Waals surface area contributed by atoms with E-state index in [4.69, 9.17) is 17.3 Å². The second kappa shape index (κ2) is 4.60. The number of aromatic nitrogens is 2. The summed E-state index contributed by atoms with van der Waals surface area (Å²) in [6.07, 6.45) is 3.30. The quantitative estimate of drug-likeness (QED) is 0.867. The van der Waals surface area contributed by atoms with Gasteiger partial charge in [0.2, 0.25) is 0 Å². The van der Waals surface area contributed by atoms with Crippen LogP contribution in [-0.2, 0) is 0 Å². The molecule has 1 aromatic carbocycles. The number of nitrogens with two attached hydrogens (primary N) is 1. The van der Waals surface area contributed by atoms with Gasteiger partial charge in [0, 0.05) is 11.2 Å². The smallest absolute Gasteiger partial charge is 0.0568 e. The van der Waals surface area contributed by atoms with Gasteiger partial charge in [0.15, 0.2) is 0 Å². The summed E-state index contributed by atoms with van der Waals surface area (Å²) in [6.45, 7) is 1.96. The maximum absolute atomic E-state index is 6.11. The molecule has 16 heavy (non-hydrogen) atoms. The van der Waals surface area contributed by atoms with E-state index in [0.717, 1.165) is 21.7 Å². The Labute approximate surface area is 99.3 Å². The molecule has 3 nitrogen and oxygen atoms in total. The summed E-state index contributed by atoms with van der Waals surface area (Å²) in [5, 5.41) is 8.26. The van der Waals surface area contributed by atoms with Crippen molar-refractivity contribution in [2.24, 2.45) is 5.73 Å². The van der Waals surface area contributed by atoms with Crippen LogP contribution in [0.3, 0.4) is 0 Å². The Morgan fingerprint density at radius 3 is 2.62 bits per heavy atom. The molecule has 2 aromatic rings. The van der Waals surface area contributed by atoms with Gasteiger partial charge in [-0.1, -0.05) is 23.7 Å². The molecule has 0 saturated heterocycles. The number of aryl methyl sites for hydroxylation is 1. The van der Waals surface area contributed by atoms with Gasteiger partial charge in [0.05, 0.1) is 12.2 Å². The fourth-order valence-electron chi connectivity index (χ4n) is 1.48. The van der Waals surface area contributed by atoms with Crippen molar-refractivity contribution in [2.75, 3.05) is 0 Å². The highest BCUT2D eigenvalue weighted by Crippen LogP contribution is 2.23. The minimum atomic E-state index is -0.214. The maximum Gasteiger partial charge on any atom is 0.0568 e. The van der Waals surface area contributed by atoms with Crippen molar-refractivity contribution in [1.82, 2.24) is 10.2 Å². The molecular formula is C12H12ClN3. The Kier molecular flexibility index (Phi) is 3.17. The predicted octanol–water partition coefficient (Wildman–Crippen LogP) is 2.49. The molecule has 0 aliphatic carbocycles. The van der Waals surface area contributed by atoms with Crippen molar-refractivity contribution in [1.29, 1.82) is 0 Å². The maximum atomic E-state index is 6.11. The minimum Gasteiger partial charge on any atom is -0.320 e. The zero-order valence-electron chi connectivity index (χ0n) is 8.89. The Hall–Kier alpha value is -1.45. The van der Waals surface area contributed by atoms with Crippen molar-refractivity contribution in [3.63, 3.8) is 0 Å². The molecule has 1 unspecified atom stereocenters. The lowest BCUT2D eigenvalue weighted by Gasteiger charge is -2.12. The van der Waals surface area contributed by atoms with Gasteiger partial charge < -0.3 is 5.73 Å². The van der Waals surface area contributed by atoms with Gasteiger partial charge in [-0.15, -0.1) is 0 Å². The summed E-state index contributed by atoms with van der Waals surface area (Å²) in [7, 11) is 0. The van der Waals surface area contributed by atoms with Crippen LogP contribution >= 0.6 is 11.6 Å². The Morgan fingerprint density at radius 1 is 1.19 bits per heavy atom. The van der Waals surface area contributed by atoms with Crippen LogP contribution < -0.4 is 5.73 Å². The van der Waals surface area contributed by atoms with Crippen LogP contribution in [0.2, 0.25) is 5.02 Å². The molecule has 1 atom stereocenters. The summed E-state index contributed by atoms with van der Waals surface area (Å²) in [5.74, 6) is 0. The number of hydrogen-bond acceptors (Lipinski definition) is 3. The molecule has 2 N–H and O–H groups in total. The summed E-state index contributed by atoms with van der Waals surface area (Å²) in [6, 6.07) is 7.47. The molecule has 0 aliphatic rings. The van der Waals surface area contributed by atoms with Gasteiger partial charge in [0.1, 0.15) is 0 Å². The average Bonchev–Trinajstić information content (AvgIpc) is 2.33. The van der Waals surface area contributed by atoms with E-state index in [1.54, 1.807) is 12.4 Å². The number of rotatable bonds is 2. The van der Waals surface area contributed by atoms with E-state index in [9.17, 15) is 0 Å². The largest absolute Gasteiger partial charge is 0.320 e. The lowest BCUT2D eigenvalue weighted by atomic mass is 10.0. The van der Waals surface area contributed by atoms with Crippen molar-refractivity contribution < 1.29 is 0 Å². The third kappa shape index (κ3) is 2.21. The van der Waals surface area contributed by atoms with Gasteiger partial charge in [-0.25, -0.2) is 0 Å². The third-order valence-electron chi connectivity index (χ3n) is 2.52. The fourth-order valence-corrected chi connectivity index (χ4v) is 1.67. The Bertz CT molecular complexity index is 485. The standard InChI is InChI=1S/C12H12ClN3/c1-8-2-3-9(6-11(8)13)12(14)10-4-5-15-16-7-10/h2-7,12H,14H2,1H3. The molecule has 0 bridgehead atoms. The van der Waals surface area contributed by atoms with Crippen molar-refractivity contribution in [2.45, 2.75) is 13.0 Å². The fraction of sp³-hybridized carbons (Fsp3) is 0.167. The minimum absolute atomic E-state index is 0.214. The van der Waals surface area contributed by atoms with Gasteiger partial charge in [-0.2, -0.15) is 10.2 Å². The van der Waals surface area contributed by atoms with E-state index >= 15 is 0 Å². The Morgan fingerprint density at radius 2 is 2.00 bits per heavy atom. The van der Waals surface area contributed by atoms with Crippen LogP contribution in [0.25, 0.3) is 0 Å². The summed E-state index contributed by atoms with van der Waals surface area (Å²) < 4.78 is 0. The molecule has 82 valence electrons. The zero-order valence-corrected chi connectivity index (χ0v) is 9.65. The molecule has 0 amide bonds. The second-order valence-corrected chi connectivity index (χ2v) is 4.07. The number of benzene rings is 1. The lowest BCUT2D eigenvalue weighted by Crippen LogP contribution is -2.12. The molecule has 0 saturated carbocycles. The van der Waals surface area contributed by atoms with E-state index in [2.05, 4.69) is 10.2 Å². The number of halogens is 1. The number of nitrogens with zero attached hydrogens (tertiary/aromatic N) is 2. The first-order valence-corrected chi connectivity index (χ1v) is 5.34. The first-order valence-electron chi connectivity index (χ1n) is 4.96. The normalized spacial score (nSPS) is 12.4. The van der Waals surface area contributed by atoms with Crippen LogP contribution in [0.4, 0.5) is 0 Å². The van der Waals surface area contributed by atoms with Crippen LogP contribution in [0.15, 0.2) is 36.7 Å². The van der Waals surface area contributed by atoms with E-state index in [-0.39, 0.29) is 6.04 Å². The SMILES string of the molecule is Cc1ccc(C(N)c2ccnnc2)cc1Cl. The summed E-state index contributed by atoms with van der Waals surface area (Å²) in [5.41, 5.74) is 9.06. The van der Waals surface area contributed by atoms with Crippen LogP contribution in [-0.4, -0.2) is 10.2 Å².